The van der Waals surface area contributed by atoms with Crippen LogP contribution >= 0.6 is 0 Å². The van der Waals surface area contributed by atoms with Gasteiger partial charge in [-0.2, -0.15) is 0 Å². The van der Waals surface area contributed by atoms with Gasteiger partial charge >= 0.3 is 0 Å². The van der Waals surface area contributed by atoms with E-state index in [1.54, 1.807) is 0 Å². The van der Waals surface area contributed by atoms with Crippen molar-refractivity contribution in [2.45, 2.75) is 12.5 Å². The Bertz CT molecular complexity index is 42.3. The Morgan fingerprint density at radius 2 is 1.75 bits per heavy atom. The second-order valence-corrected chi connectivity index (χ2v) is 1.35. The van der Waals surface area contributed by atoms with Gasteiger partial charge in [0.15, 0.2) is 0 Å². The Labute approximate surface area is 91.1 Å². The molecular weight excluding hydrogens is 135 g/mol. The van der Waals surface area contributed by atoms with Crippen LogP contribution in [0.2, 0.25) is 0 Å². The standard InChI is InChI=1S/C4H10O3.K/c5-2-1-4(7)3-6;/h4-7H,1-3H2;. The third-order valence-electron chi connectivity index (χ3n) is 0.673. The fourth-order valence-electron chi connectivity index (χ4n) is 0.240. The zero-order valence-electron chi connectivity index (χ0n) is 5.04. The van der Waals surface area contributed by atoms with E-state index in [1.807, 2.05) is 0 Å². The molecule has 0 aromatic carbocycles. The van der Waals surface area contributed by atoms with Gasteiger partial charge in [-0.1, -0.05) is 0 Å². The van der Waals surface area contributed by atoms with Crippen molar-refractivity contribution in [2.24, 2.45) is 0 Å². The molecule has 0 rings (SSSR count). The SMILES string of the molecule is OCCC(O)CO.[K]. The Morgan fingerprint density at radius 1 is 1.25 bits per heavy atom. The molecule has 0 aromatic heterocycles. The summed E-state index contributed by atoms with van der Waals surface area (Å²) in [7, 11) is 0. The molecule has 0 aliphatic heterocycles. The van der Waals surface area contributed by atoms with Crippen LogP contribution in [0.25, 0.3) is 0 Å². The Hall–Kier alpha value is 1.52. The average molecular weight is 145 g/mol. The van der Waals surface area contributed by atoms with E-state index in [0.717, 1.165) is 0 Å². The minimum absolute atomic E-state index is 0. The van der Waals surface area contributed by atoms with Crippen LogP contribution in [0.15, 0.2) is 0 Å². The molecule has 0 aliphatic carbocycles. The summed E-state index contributed by atoms with van der Waals surface area (Å²) in [5.41, 5.74) is 0. The summed E-state index contributed by atoms with van der Waals surface area (Å²) < 4.78 is 0. The van der Waals surface area contributed by atoms with Crippen LogP contribution in [0, 0.1) is 0 Å². The molecule has 0 amide bonds. The van der Waals surface area contributed by atoms with E-state index in [0.29, 0.717) is 0 Å². The largest absolute Gasteiger partial charge is 0.396 e. The maximum absolute atomic E-state index is 8.45. The summed E-state index contributed by atoms with van der Waals surface area (Å²) in [5.74, 6) is 0. The Kier molecular flexibility index (Phi) is 13.0. The van der Waals surface area contributed by atoms with Crippen LogP contribution in [0.3, 0.4) is 0 Å². The first-order chi connectivity index (χ1) is 3.31. The molecular formula is C4H10KO3. The van der Waals surface area contributed by atoms with E-state index in [4.69, 9.17) is 15.3 Å². The van der Waals surface area contributed by atoms with Gasteiger partial charge in [-0.25, -0.2) is 0 Å². The van der Waals surface area contributed by atoms with Gasteiger partial charge < -0.3 is 15.3 Å². The van der Waals surface area contributed by atoms with Crippen molar-refractivity contribution < 1.29 is 15.3 Å². The molecule has 0 saturated heterocycles. The normalized spacial score (nSPS) is 12.4. The van der Waals surface area contributed by atoms with E-state index in [9.17, 15) is 0 Å². The molecule has 0 heterocycles. The van der Waals surface area contributed by atoms with Crippen LogP contribution in [0.4, 0.5) is 0 Å². The van der Waals surface area contributed by atoms with Gasteiger partial charge in [-0.3, -0.25) is 0 Å². The molecule has 0 saturated carbocycles. The predicted octanol–water partition coefficient (Wildman–Crippen LogP) is -1.66. The van der Waals surface area contributed by atoms with E-state index in [1.165, 1.54) is 0 Å². The minimum atomic E-state index is -0.745. The molecule has 0 spiro atoms. The number of aliphatic hydroxyl groups is 3. The van der Waals surface area contributed by atoms with Crippen LogP contribution in [0.1, 0.15) is 6.42 Å². The number of rotatable bonds is 3. The van der Waals surface area contributed by atoms with Crippen molar-refractivity contribution in [3.8, 4) is 0 Å². The molecule has 0 aromatic rings. The maximum atomic E-state index is 8.45. The number of hydrogen-bond donors (Lipinski definition) is 3. The van der Waals surface area contributed by atoms with Gasteiger partial charge in [0.25, 0.3) is 0 Å². The first kappa shape index (κ1) is 12.2. The van der Waals surface area contributed by atoms with Crippen molar-refractivity contribution in [1.82, 2.24) is 0 Å². The zero-order valence-corrected chi connectivity index (χ0v) is 8.16. The summed E-state index contributed by atoms with van der Waals surface area (Å²) >= 11 is 0. The second kappa shape index (κ2) is 8.52. The second-order valence-electron chi connectivity index (χ2n) is 1.35. The number of hydrogen-bond acceptors (Lipinski definition) is 3. The predicted molar refractivity (Wildman–Crippen MR) is 30.5 cm³/mol. The van der Waals surface area contributed by atoms with Gasteiger partial charge in [0.2, 0.25) is 0 Å². The summed E-state index contributed by atoms with van der Waals surface area (Å²) in [5, 5.41) is 24.6. The van der Waals surface area contributed by atoms with Gasteiger partial charge in [0, 0.05) is 58.0 Å². The van der Waals surface area contributed by atoms with Crippen LogP contribution in [0.5, 0.6) is 0 Å². The summed E-state index contributed by atoms with van der Waals surface area (Å²) in [6.45, 7) is -0.331. The molecule has 1 unspecified atom stereocenters. The average Bonchev–Trinajstić information content (AvgIpc) is 1.68. The topological polar surface area (TPSA) is 60.7 Å². The van der Waals surface area contributed by atoms with Crippen molar-refractivity contribution >= 4 is 51.4 Å². The third-order valence-corrected chi connectivity index (χ3v) is 0.673. The van der Waals surface area contributed by atoms with E-state index in [-0.39, 0.29) is 71.0 Å². The van der Waals surface area contributed by atoms with E-state index < -0.39 is 6.10 Å². The van der Waals surface area contributed by atoms with Gasteiger partial charge in [-0.05, 0) is 6.42 Å². The summed E-state index contributed by atoms with van der Waals surface area (Å²) in [4.78, 5) is 0. The quantitative estimate of drug-likeness (QED) is 0.417. The van der Waals surface area contributed by atoms with Crippen molar-refractivity contribution in [2.75, 3.05) is 13.2 Å². The molecule has 8 heavy (non-hydrogen) atoms. The fraction of sp³-hybridized carbons (Fsp3) is 1.00. The molecule has 3 N–H and O–H groups in total. The summed E-state index contributed by atoms with van der Waals surface area (Å²) in [6.07, 6.45) is -0.485. The first-order valence-electron chi connectivity index (χ1n) is 2.21. The Morgan fingerprint density at radius 3 is 1.88 bits per heavy atom. The summed E-state index contributed by atoms with van der Waals surface area (Å²) in [6, 6.07) is 0. The zero-order chi connectivity index (χ0) is 5.70. The van der Waals surface area contributed by atoms with Gasteiger partial charge in [-0.15, -0.1) is 0 Å². The Balaban J connectivity index is 0. The van der Waals surface area contributed by atoms with E-state index in [2.05, 4.69) is 0 Å². The molecule has 1 atom stereocenters. The van der Waals surface area contributed by atoms with Gasteiger partial charge in [0.05, 0.1) is 12.7 Å². The molecule has 0 bridgehead atoms. The van der Waals surface area contributed by atoms with Crippen molar-refractivity contribution in [3.63, 3.8) is 0 Å². The molecule has 1 radical (unpaired) electrons. The van der Waals surface area contributed by atoms with Crippen LogP contribution < -0.4 is 0 Å². The molecule has 0 fully saturated rings. The van der Waals surface area contributed by atoms with Crippen LogP contribution in [-0.2, 0) is 0 Å². The smallest absolute Gasteiger partial charge is 0.0792 e. The first-order valence-corrected chi connectivity index (χ1v) is 2.21. The molecule has 3 nitrogen and oxygen atoms in total. The molecule has 0 aliphatic rings. The van der Waals surface area contributed by atoms with Crippen molar-refractivity contribution in [1.29, 1.82) is 0 Å². The fourth-order valence-corrected chi connectivity index (χ4v) is 0.240. The third kappa shape index (κ3) is 7.52. The van der Waals surface area contributed by atoms with E-state index >= 15 is 0 Å². The monoisotopic (exact) mass is 145 g/mol. The minimum Gasteiger partial charge on any atom is -0.396 e. The molecule has 45 valence electrons. The maximum Gasteiger partial charge on any atom is 0.0792 e. The molecule has 4 heteroatoms. The number of aliphatic hydroxyl groups excluding tert-OH is 3. The van der Waals surface area contributed by atoms with Crippen molar-refractivity contribution in [3.05, 3.63) is 0 Å². The van der Waals surface area contributed by atoms with Crippen LogP contribution in [-0.4, -0.2) is 86.0 Å². The van der Waals surface area contributed by atoms with Gasteiger partial charge in [0.1, 0.15) is 0 Å².